The molecule has 1 aliphatic rings. The van der Waals surface area contributed by atoms with Crippen LogP contribution >= 0.6 is 11.6 Å². The summed E-state index contributed by atoms with van der Waals surface area (Å²) in [5.74, 6) is 0. The van der Waals surface area contributed by atoms with Gasteiger partial charge in [-0.15, -0.1) is 0 Å². The van der Waals surface area contributed by atoms with Crippen LogP contribution in [0.15, 0.2) is 12.1 Å². The molecular weight excluding hydrogens is 248 g/mol. The number of hydrogen-bond acceptors (Lipinski definition) is 3. The zero-order chi connectivity index (χ0) is 13.6. The van der Waals surface area contributed by atoms with Gasteiger partial charge in [0.25, 0.3) is 0 Å². The topological polar surface area (TPSA) is 31.4 Å². The summed E-state index contributed by atoms with van der Waals surface area (Å²) in [4.78, 5) is 4.31. The van der Waals surface area contributed by atoms with Crippen LogP contribution in [0.25, 0.3) is 0 Å². The van der Waals surface area contributed by atoms with Gasteiger partial charge in [0.2, 0.25) is 0 Å². The Morgan fingerprint density at radius 1 is 1.17 bits per heavy atom. The highest BCUT2D eigenvalue weighted by molar-refractivity contribution is 6.61. The smallest absolute Gasteiger partial charge is 0.398 e. The number of pyridine rings is 1. The van der Waals surface area contributed by atoms with E-state index in [4.69, 9.17) is 20.9 Å². The van der Waals surface area contributed by atoms with E-state index in [1.54, 1.807) is 0 Å². The standard InChI is InChI=1S/C13H19BClNO2/c1-6-9-7-10(16-11(15)8-9)14-17-12(2,3)13(4,5)18-14/h7-8H,6H2,1-5H3. The van der Waals surface area contributed by atoms with Crippen molar-refractivity contribution in [2.24, 2.45) is 0 Å². The molecule has 0 aliphatic carbocycles. The third-order valence-electron chi connectivity index (χ3n) is 3.78. The third-order valence-corrected chi connectivity index (χ3v) is 3.97. The maximum absolute atomic E-state index is 6.03. The molecule has 2 rings (SSSR count). The first kappa shape index (κ1) is 13.8. The van der Waals surface area contributed by atoms with Gasteiger partial charge in [0.1, 0.15) is 5.15 Å². The zero-order valence-electron chi connectivity index (χ0n) is 11.6. The number of nitrogens with zero attached hydrogens (tertiary/aromatic N) is 1. The fraction of sp³-hybridized carbons (Fsp3) is 0.615. The van der Waals surface area contributed by atoms with E-state index in [0.29, 0.717) is 5.15 Å². The molecule has 0 spiro atoms. The van der Waals surface area contributed by atoms with Gasteiger partial charge in [-0.3, -0.25) is 0 Å². The minimum absolute atomic E-state index is 0.353. The van der Waals surface area contributed by atoms with Crippen LogP contribution in [-0.2, 0) is 15.7 Å². The SMILES string of the molecule is CCc1cc(Cl)nc(B2OC(C)(C)C(C)(C)O2)c1. The highest BCUT2D eigenvalue weighted by Gasteiger charge is 2.52. The molecule has 5 heteroatoms. The third kappa shape index (κ3) is 2.42. The van der Waals surface area contributed by atoms with Crippen molar-refractivity contribution < 1.29 is 9.31 Å². The van der Waals surface area contributed by atoms with E-state index in [-0.39, 0.29) is 11.2 Å². The first-order valence-corrected chi connectivity index (χ1v) is 6.65. The molecule has 0 radical (unpaired) electrons. The van der Waals surface area contributed by atoms with Crippen LogP contribution in [0.2, 0.25) is 5.15 Å². The van der Waals surface area contributed by atoms with Gasteiger partial charge in [0.15, 0.2) is 0 Å². The zero-order valence-corrected chi connectivity index (χ0v) is 12.3. The van der Waals surface area contributed by atoms with E-state index in [9.17, 15) is 0 Å². The summed E-state index contributed by atoms with van der Waals surface area (Å²) in [7, 11) is -0.445. The van der Waals surface area contributed by atoms with Gasteiger partial charge in [-0.25, -0.2) is 4.98 Å². The molecule has 0 N–H and O–H groups in total. The van der Waals surface area contributed by atoms with Crippen molar-refractivity contribution in [2.75, 3.05) is 0 Å². The molecule has 3 nitrogen and oxygen atoms in total. The van der Waals surface area contributed by atoms with E-state index in [1.807, 2.05) is 39.8 Å². The summed E-state index contributed by atoms with van der Waals surface area (Å²) in [5, 5.41) is 0.485. The van der Waals surface area contributed by atoms with Gasteiger partial charge in [-0.1, -0.05) is 18.5 Å². The van der Waals surface area contributed by atoms with E-state index < -0.39 is 7.12 Å². The molecule has 0 amide bonds. The summed E-state index contributed by atoms with van der Waals surface area (Å²) in [6, 6.07) is 3.87. The largest absolute Gasteiger partial charge is 0.514 e. The Labute approximate surface area is 114 Å². The lowest BCUT2D eigenvalue weighted by atomic mass is 9.83. The van der Waals surface area contributed by atoms with E-state index >= 15 is 0 Å². The first-order valence-electron chi connectivity index (χ1n) is 6.27. The monoisotopic (exact) mass is 267 g/mol. The lowest BCUT2D eigenvalue weighted by Gasteiger charge is -2.32. The van der Waals surface area contributed by atoms with Gasteiger partial charge in [0.05, 0.1) is 16.8 Å². The van der Waals surface area contributed by atoms with Crippen LogP contribution in [0.4, 0.5) is 0 Å². The molecule has 0 bridgehead atoms. The summed E-state index contributed by atoms with van der Waals surface area (Å²) >= 11 is 6.03. The molecule has 1 aliphatic heterocycles. The molecule has 1 aromatic rings. The van der Waals surface area contributed by atoms with Gasteiger partial charge < -0.3 is 9.31 Å². The van der Waals surface area contributed by atoms with Crippen molar-refractivity contribution in [2.45, 2.75) is 52.2 Å². The Morgan fingerprint density at radius 2 is 1.72 bits per heavy atom. The molecule has 2 heterocycles. The van der Waals surface area contributed by atoms with Crippen LogP contribution in [-0.4, -0.2) is 23.3 Å². The van der Waals surface area contributed by atoms with Crippen molar-refractivity contribution in [3.05, 3.63) is 22.8 Å². The van der Waals surface area contributed by atoms with E-state index in [2.05, 4.69) is 11.9 Å². The first-order chi connectivity index (χ1) is 8.25. The minimum Gasteiger partial charge on any atom is -0.398 e. The molecule has 1 saturated heterocycles. The molecule has 0 atom stereocenters. The van der Waals surface area contributed by atoms with Crippen LogP contribution in [0.5, 0.6) is 0 Å². The van der Waals surface area contributed by atoms with Gasteiger partial charge in [-0.05, 0) is 51.8 Å². The average molecular weight is 268 g/mol. The number of halogens is 1. The Bertz CT molecular complexity index is 446. The second kappa shape index (κ2) is 4.51. The summed E-state index contributed by atoms with van der Waals surface area (Å²) in [6.45, 7) is 10.2. The lowest BCUT2D eigenvalue weighted by molar-refractivity contribution is 0.00578. The Hall–Kier alpha value is -0.575. The van der Waals surface area contributed by atoms with Crippen molar-refractivity contribution in [3.8, 4) is 0 Å². The molecule has 1 aromatic heterocycles. The quantitative estimate of drug-likeness (QED) is 0.610. The molecule has 18 heavy (non-hydrogen) atoms. The minimum atomic E-state index is -0.445. The van der Waals surface area contributed by atoms with Crippen LogP contribution < -0.4 is 5.59 Å². The number of aryl methyl sites for hydroxylation is 1. The number of rotatable bonds is 2. The molecule has 98 valence electrons. The van der Waals surface area contributed by atoms with Crippen LogP contribution in [0.3, 0.4) is 0 Å². The van der Waals surface area contributed by atoms with Gasteiger partial charge in [-0.2, -0.15) is 0 Å². The second-order valence-corrected chi connectivity index (χ2v) is 6.05. The van der Waals surface area contributed by atoms with Crippen molar-refractivity contribution in [1.29, 1.82) is 0 Å². The molecule has 0 unspecified atom stereocenters. The number of aromatic nitrogens is 1. The van der Waals surface area contributed by atoms with E-state index in [0.717, 1.165) is 17.6 Å². The van der Waals surface area contributed by atoms with Gasteiger partial charge >= 0.3 is 7.12 Å². The van der Waals surface area contributed by atoms with Gasteiger partial charge in [0, 0.05) is 0 Å². The highest BCUT2D eigenvalue weighted by atomic mass is 35.5. The Morgan fingerprint density at radius 3 is 2.22 bits per heavy atom. The highest BCUT2D eigenvalue weighted by Crippen LogP contribution is 2.36. The number of hydrogen-bond donors (Lipinski definition) is 0. The van der Waals surface area contributed by atoms with E-state index in [1.165, 1.54) is 0 Å². The maximum Gasteiger partial charge on any atom is 0.514 e. The summed E-state index contributed by atoms with van der Waals surface area (Å²) in [6.07, 6.45) is 0.911. The predicted octanol–water partition coefficient (Wildman–Crippen LogP) is 2.60. The molecule has 0 saturated carbocycles. The van der Waals surface area contributed by atoms with Crippen molar-refractivity contribution >= 4 is 24.3 Å². The fourth-order valence-electron chi connectivity index (χ4n) is 1.86. The van der Waals surface area contributed by atoms with Crippen LogP contribution in [0.1, 0.15) is 40.2 Å². The maximum atomic E-state index is 6.03. The normalized spacial score (nSPS) is 21.3. The van der Waals surface area contributed by atoms with Crippen LogP contribution in [0, 0.1) is 0 Å². The predicted molar refractivity (Wildman–Crippen MR) is 74.3 cm³/mol. The summed E-state index contributed by atoms with van der Waals surface area (Å²) in [5.41, 5.74) is 1.18. The lowest BCUT2D eigenvalue weighted by Crippen LogP contribution is -2.41. The Kier molecular flexibility index (Phi) is 3.47. The second-order valence-electron chi connectivity index (χ2n) is 5.66. The molecule has 0 aromatic carbocycles. The molecular formula is C13H19BClNO2. The Balaban J connectivity index is 2.32. The van der Waals surface area contributed by atoms with Crippen molar-refractivity contribution in [1.82, 2.24) is 4.98 Å². The average Bonchev–Trinajstić information content (AvgIpc) is 2.47. The van der Waals surface area contributed by atoms with Crippen molar-refractivity contribution in [3.63, 3.8) is 0 Å². The summed E-state index contributed by atoms with van der Waals surface area (Å²) < 4.78 is 11.9. The molecule has 1 fully saturated rings. The fourth-order valence-corrected chi connectivity index (χ4v) is 2.10.